The predicted molar refractivity (Wildman–Crippen MR) is 48.4 cm³/mol. The quantitative estimate of drug-likeness (QED) is 0.146. The number of nitrogens with zero attached hydrogens (tertiary/aromatic N) is 1. The number of oxime groups is 1. The average Bonchev–Trinajstić information content (AvgIpc) is 2.11. The first-order valence-corrected chi connectivity index (χ1v) is 4.69. The van der Waals surface area contributed by atoms with Crippen molar-refractivity contribution < 1.29 is 15.4 Å². The summed E-state index contributed by atoms with van der Waals surface area (Å²) in [6.45, 7) is -0.226. The first-order chi connectivity index (χ1) is 5.70. The molecular weight excluding hydrogens is 180 g/mol. The third-order valence-corrected chi connectivity index (χ3v) is 2.27. The Morgan fingerprint density at radius 2 is 2.25 bits per heavy atom. The van der Waals surface area contributed by atoms with Crippen LogP contribution >= 0.6 is 11.8 Å². The molecule has 0 radical (unpaired) electrons. The molecule has 0 amide bonds. The third-order valence-electron chi connectivity index (χ3n) is 1.15. The number of aliphatic hydroxyl groups is 2. The van der Waals surface area contributed by atoms with Gasteiger partial charge in [0.05, 0.1) is 12.7 Å². The van der Waals surface area contributed by atoms with Crippen molar-refractivity contribution in [1.29, 1.82) is 0 Å². The largest absolute Gasteiger partial charge is 0.409 e. The molecule has 0 aromatic heterocycles. The standard InChI is InChI=1S/C6H14N2O3S/c7-6(8-11)1-2-12-4-5(10)3-9/h5,9-11H,1-4H2,(H2,7,8). The second kappa shape index (κ2) is 7.20. The van der Waals surface area contributed by atoms with E-state index in [1.807, 2.05) is 0 Å². The van der Waals surface area contributed by atoms with Crippen molar-refractivity contribution in [2.24, 2.45) is 10.9 Å². The Morgan fingerprint density at radius 1 is 1.58 bits per heavy atom. The molecule has 72 valence electrons. The normalized spacial score (nSPS) is 14.7. The van der Waals surface area contributed by atoms with Gasteiger partial charge in [0.25, 0.3) is 0 Å². The molecule has 0 saturated heterocycles. The van der Waals surface area contributed by atoms with E-state index in [-0.39, 0.29) is 12.4 Å². The molecule has 0 spiro atoms. The summed E-state index contributed by atoms with van der Waals surface area (Å²) in [5.41, 5.74) is 5.20. The summed E-state index contributed by atoms with van der Waals surface area (Å²) in [5, 5.41) is 28.3. The van der Waals surface area contributed by atoms with Crippen LogP contribution in [0.4, 0.5) is 0 Å². The highest BCUT2D eigenvalue weighted by atomic mass is 32.2. The maximum absolute atomic E-state index is 8.90. The molecule has 0 aliphatic carbocycles. The Morgan fingerprint density at radius 3 is 2.75 bits per heavy atom. The van der Waals surface area contributed by atoms with Crippen LogP contribution in [0.3, 0.4) is 0 Å². The fraction of sp³-hybridized carbons (Fsp3) is 0.833. The fourth-order valence-corrected chi connectivity index (χ4v) is 1.40. The number of hydrogen-bond donors (Lipinski definition) is 4. The van der Waals surface area contributed by atoms with Gasteiger partial charge in [0.1, 0.15) is 5.84 Å². The Labute approximate surface area is 75.3 Å². The van der Waals surface area contributed by atoms with Gasteiger partial charge in [-0.3, -0.25) is 0 Å². The van der Waals surface area contributed by atoms with Crippen LogP contribution in [0, 0.1) is 0 Å². The lowest BCUT2D eigenvalue weighted by Gasteiger charge is -2.05. The molecular formula is C6H14N2O3S. The van der Waals surface area contributed by atoms with Crippen molar-refractivity contribution in [1.82, 2.24) is 0 Å². The van der Waals surface area contributed by atoms with Gasteiger partial charge in [-0.2, -0.15) is 11.8 Å². The fourth-order valence-electron chi connectivity index (χ4n) is 0.499. The number of aliphatic hydroxyl groups excluding tert-OH is 2. The van der Waals surface area contributed by atoms with Gasteiger partial charge in [0.2, 0.25) is 0 Å². The molecule has 6 heteroatoms. The molecule has 0 heterocycles. The lowest BCUT2D eigenvalue weighted by Crippen LogP contribution is -2.16. The van der Waals surface area contributed by atoms with Gasteiger partial charge in [0.15, 0.2) is 0 Å². The highest BCUT2D eigenvalue weighted by molar-refractivity contribution is 7.99. The van der Waals surface area contributed by atoms with Crippen LogP contribution in [0.2, 0.25) is 0 Å². The van der Waals surface area contributed by atoms with Crippen LogP contribution < -0.4 is 5.73 Å². The summed E-state index contributed by atoms with van der Waals surface area (Å²) in [4.78, 5) is 0. The molecule has 12 heavy (non-hydrogen) atoms. The van der Waals surface area contributed by atoms with Gasteiger partial charge in [-0.25, -0.2) is 0 Å². The van der Waals surface area contributed by atoms with Crippen LogP contribution in [0.5, 0.6) is 0 Å². The van der Waals surface area contributed by atoms with Gasteiger partial charge in [0, 0.05) is 17.9 Å². The topological polar surface area (TPSA) is 99.1 Å². The Kier molecular flexibility index (Phi) is 6.93. The van der Waals surface area contributed by atoms with E-state index in [2.05, 4.69) is 5.16 Å². The lowest BCUT2D eigenvalue weighted by atomic mass is 10.4. The molecule has 0 aliphatic heterocycles. The Bertz CT molecular complexity index is 143. The van der Waals surface area contributed by atoms with Gasteiger partial charge in [-0.15, -0.1) is 0 Å². The zero-order valence-corrected chi connectivity index (χ0v) is 7.50. The minimum absolute atomic E-state index is 0.181. The maximum atomic E-state index is 8.90. The molecule has 0 rings (SSSR count). The second-order valence-electron chi connectivity index (χ2n) is 2.25. The van der Waals surface area contributed by atoms with Crippen molar-refractivity contribution in [3.05, 3.63) is 0 Å². The molecule has 5 N–H and O–H groups in total. The van der Waals surface area contributed by atoms with Gasteiger partial charge < -0.3 is 21.2 Å². The summed E-state index contributed by atoms with van der Waals surface area (Å²) < 4.78 is 0. The highest BCUT2D eigenvalue weighted by Gasteiger charge is 2.01. The van der Waals surface area contributed by atoms with E-state index in [4.69, 9.17) is 21.2 Å². The zero-order valence-electron chi connectivity index (χ0n) is 6.68. The molecule has 0 aliphatic rings. The monoisotopic (exact) mass is 194 g/mol. The predicted octanol–water partition coefficient (Wildman–Crippen LogP) is -0.791. The van der Waals surface area contributed by atoms with Crippen LogP contribution in [0.15, 0.2) is 5.16 Å². The summed E-state index contributed by atoms with van der Waals surface area (Å²) >= 11 is 1.45. The van der Waals surface area contributed by atoms with E-state index in [0.29, 0.717) is 17.9 Å². The zero-order chi connectivity index (χ0) is 9.40. The summed E-state index contributed by atoms with van der Waals surface area (Å²) in [6.07, 6.45) is -0.193. The summed E-state index contributed by atoms with van der Waals surface area (Å²) in [6, 6.07) is 0. The first kappa shape index (κ1) is 11.5. The smallest absolute Gasteiger partial charge is 0.139 e. The van der Waals surface area contributed by atoms with Crippen LogP contribution in [-0.4, -0.2) is 45.5 Å². The van der Waals surface area contributed by atoms with Crippen molar-refractivity contribution >= 4 is 17.6 Å². The van der Waals surface area contributed by atoms with Gasteiger partial charge in [-0.1, -0.05) is 5.16 Å². The number of amidine groups is 1. The molecule has 1 unspecified atom stereocenters. The van der Waals surface area contributed by atoms with Gasteiger partial charge in [-0.05, 0) is 0 Å². The van der Waals surface area contributed by atoms with Crippen molar-refractivity contribution in [2.45, 2.75) is 12.5 Å². The van der Waals surface area contributed by atoms with Crippen molar-refractivity contribution in [3.63, 3.8) is 0 Å². The van der Waals surface area contributed by atoms with Crippen LogP contribution in [0.25, 0.3) is 0 Å². The molecule has 0 aromatic carbocycles. The van der Waals surface area contributed by atoms with Crippen molar-refractivity contribution in [3.8, 4) is 0 Å². The maximum Gasteiger partial charge on any atom is 0.139 e. The molecule has 5 nitrogen and oxygen atoms in total. The minimum Gasteiger partial charge on any atom is -0.409 e. The second-order valence-corrected chi connectivity index (χ2v) is 3.40. The first-order valence-electron chi connectivity index (χ1n) is 3.53. The number of hydrogen-bond acceptors (Lipinski definition) is 5. The van der Waals surface area contributed by atoms with Crippen LogP contribution in [-0.2, 0) is 0 Å². The summed E-state index contributed by atoms with van der Waals surface area (Å²) in [7, 11) is 0. The van der Waals surface area contributed by atoms with E-state index in [0.717, 1.165) is 0 Å². The van der Waals surface area contributed by atoms with E-state index in [1.165, 1.54) is 11.8 Å². The number of thioether (sulfide) groups is 1. The average molecular weight is 194 g/mol. The molecule has 0 saturated carbocycles. The van der Waals surface area contributed by atoms with Crippen molar-refractivity contribution in [2.75, 3.05) is 18.1 Å². The van der Waals surface area contributed by atoms with E-state index >= 15 is 0 Å². The lowest BCUT2D eigenvalue weighted by molar-refractivity contribution is 0.113. The molecule has 0 aromatic rings. The Hall–Kier alpha value is -0.460. The minimum atomic E-state index is -0.678. The van der Waals surface area contributed by atoms with Gasteiger partial charge >= 0.3 is 0 Å². The Balaban J connectivity index is 3.21. The molecule has 0 fully saturated rings. The van der Waals surface area contributed by atoms with Crippen LogP contribution in [0.1, 0.15) is 6.42 Å². The molecule has 0 bridgehead atoms. The third kappa shape index (κ3) is 6.26. The number of nitrogens with two attached hydrogens (primary N) is 1. The van der Waals surface area contributed by atoms with E-state index < -0.39 is 6.10 Å². The highest BCUT2D eigenvalue weighted by Crippen LogP contribution is 2.04. The number of rotatable bonds is 6. The summed E-state index contributed by atoms with van der Waals surface area (Å²) in [5.74, 6) is 1.32. The van der Waals surface area contributed by atoms with E-state index in [1.54, 1.807) is 0 Å². The van der Waals surface area contributed by atoms with E-state index in [9.17, 15) is 0 Å². The SMILES string of the molecule is NC(CCSCC(O)CO)=NO. The molecule has 1 atom stereocenters.